The van der Waals surface area contributed by atoms with Crippen LogP contribution in [0.25, 0.3) is 0 Å². The van der Waals surface area contributed by atoms with E-state index < -0.39 is 5.82 Å². The number of thioether (sulfide) groups is 1. The molecule has 0 bridgehead atoms. The molecule has 0 spiro atoms. The van der Waals surface area contributed by atoms with Crippen molar-refractivity contribution in [2.45, 2.75) is 23.6 Å². The molecule has 4 heteroatoms. The first-order valence-corrected chi connectivity index (χ1v) is 6.97. The summed E-state index contributed by atoms with van der Waals surface area (Å²) in [6.07, 6.45) is 0. The fraction of sp³-hybridized carbons (Fsp3) is 0.200. The van der Waals surface area contributed by atoms with Gasteiger partial charge in [0.15, 0.2) is 0 Å². The zero-order chi connectivity index (χ0) is 13.8. The summed E-state index contributed by atoms with van der Waals surface area (Å²) in [6, 6.07) is 11.3. The van der Waals surface area contributed by atoms with Crippen molar-refractivity contribution in [3.63, 3.8) is 0 Å². The summed E-state index contributed by atoms with van der Waals surface area (Å²) in [5.41, 5.74) is 7.20. The Bertz CT molecular complexity index is 553. The molecule has 0 aliphatic carbocycles. The third kappa shape index (κ3) is 3.78. The van der Waals surface area contributed by atoms with Crippen LogP contribution in [0.1, 0.15) is 24.1 Å². The Morgan fingerprint density at radius 1 is 1.11 bits per heavy atom. The maximum absolute atomic E-state index is 13.4. The Labute approximate surface area is 115 Å². The standard InChI is InChI=1S/C15H15F2NS/c1-10(18)11-2-5-14(6-3-11)19-9-12-8-13(16)4-7-15(12)17/h2-8,10H,9,18H2,1H3. The lowest BCUT2D eigenvalue weighted by molar-refractivity contribution is 0.591. The summed E-state index contributed by atoms with van der Waals surface area (Å²) in [7, 11) is 0. The van der Waals surface area contributed by atoms with Crippen molar-refractivity contribution in [2.75, 3.05) is 0 Å². The Hall–Kier alpha value is -1.39. The van der Waals surface area contributed by atoms with Crippen LogP contribution in [0, 0.1) is 11.6 Å². The minimum atomic E-state index is -0.413. The average molecular weight is 279 g/mol. The highest BCUT2D eigenvalue weighted by molar-refractivity contribution is 7.98. The molecule has 0 saturated heterocycles. The number of nitrogens with two attached hydrogens (primary N) is 1. The summed E-state index contributed by atoms with van der Waals surface area (Å²) in [4.78, 5) is 1.01. The van der Waals surface area contributed by atoms with Crippen LogP contribution in [0.15, 0.2) is 47.4 Å². The highest BCUT2D eigenvalue weighted by Crippen LogP contribution is 2.25. The van der Waals surface area contributed by atoms with Crippen molar-refractivity contribution < 1.29 is 8.78 Å². The summed E-state index contributed by atoms with van der Waals surface area (Å²) >= 11 is 1.47. The second-order valence-electron chi connectivity index (χ2n) is 4.38. The number of rotatable bonds is 4. The average Bonchev–Trinajstić information content (AvgIpc) is 2.40. The van der Waals surface area contributed by atoms with Gasteiger partial charge in [-0.05, 0) is 42.8 Å². The van der Waals surface area contributed by atoms with Crippen molar-refractivity contribution >= 4 is 11.8 Å². The Morgan fingerprint density at radius 3 is 2.42 bits per heavy atom. The molecule has 0 fully saturated rings. The molecule has 2 N–H and O–H groups in total. The van der Waals surface area contributed by atoms with Gasteiger partial charge in [0, 0.05) is 22.3 Å². The van der Waals surface area contributed by atoms with Crippen LogP contribution in [0.3, 0.4) is 0 Å². The van der Waals surface area contributed by atoms with E-state index in [0.29, 0.717) is 11.3 Å². The summed E-state index contributed by atoms with van der Waals surface area (Å²) in [6.45, 7) is 1.92. The van der Waals surface area contributed by atoms with E-state index in [-0.39, 0.29) is 11.9 Å². The van der Waals surface area contributed by atoms with Gasteiger partial charge in [-0.15, -0.1) is 11.8 Å². The van der Waals surface area contributed by atoms with Crippen LogP contribution in [0.5, 0.6) is 0 Å². The zero-order valence-electron chi connectivity index (χ0n) is 10.6. The first-order valence-electron chi connectivity index (χ1n) is 5.98. The Kier molecular flexibility index (Phi) is 4.56. The molecule has 2 aromatic carbocycles. The number of hydrogen-bond donors (Lipinski definition) is 1. The second kappa shape index (κ2) is 6.17. The predicted octanol–water partition coefficient (Wildman–Crippen LogP) is 4.28. The molecule has 0 aromatic heterocycles. The molecular formula is C15H15F2NS. The molecule has 19 heavy (non-hydrogen) atoms. The molecule has 0 heterocycles. The third-order valence-electron chi connectivity index (χ3n) is 2.81. The summed E-state index contributed by atoms with van der Waals surface area (Å²) in [5.74, 6) is -0.383. The number of benzene rings is 2. The molecule has 1 atom stereocenters. The Balaban J connectivity index is 2.04. The van der Waals surface area contributed by atoms with Gasteiger partial charge >= 0.3 is 0 Å². The van der Waals surface area contributed by atoms with Gasteiger partial charge < -0.3 is 5.73 Å². The largest absolute Gasteiger partial charge is 0.324 e. The van der Waals surface area contributed by atoms with Crippen molar-refractivity contribution in [3.8, 4) is 0 Å². The highest BCUT2D eigenvalue weighted by Gasteiger charge is 2.05. The van der Waals surface area contributed by atoms with Crippen molar-refractivity contribution in [2.24, 2.45) is 5.73 Å². The van der Waals surface area contributed by atoms with Gasteiger partial charge in [-0.25, -0.2) is 8.78 Å². The number of halogens is 2. The van der Waals surface area contributed by atoms with Gasteiger partial charge in [-0.3, -0.25) is 0 Å². The van der Waals surface area contributed by atoms with Crippen LogP contribution in [-0.2, 0) is 5.75 Å². The van der Waals surface area contributed by atoms with Gasteiger partial charge in [0.05, 0.1) is 0 Å². The summed E-state index contributed by atoms with van der Waals surface area (Å²) in [5, 5.41) is 0. The van der Waals surface area contributed by atoms with E-state index >= 15 is 0 Å². The van der Waals surface area contributed by atoms with E-state index in [1.54, 1.807) is 0 Å². The molecule has 1 nitrogen and oxygen atoms in total. The van der Waals surface area contributed by atoms with Crippen LogP contribution < -0.4 is 5.73 Å². The molecular weight excluding hydrogens is 264 g/mol. The van der Waals surface area contributed by atoms with Gasteiger partial charge in [0.1, 0.15) is 11.6 Å². The topological polar surface area (TPSA) is 26.0 Å². The van der Waals surface area contributed by atoms with Gasteiger partial charge in [-0.1, -0.05) is 12.1 Å². The van der Waals surface area contributed by atoms with Crippen molar-refractivity contribution in [1.82, 2.24) is 0 Å². The number of hydrogen-bond acceptors (Lipinski definition) is 2. The first-order chi connectivity index (χ1) is 9.06. The first kappa shape index (κ1) is 14.0. The predicted molar refractivity (Wildman–Crippen MR) is 75.0 cm³/mol. The van der Waals surface area contributed by atoms with Gasteiger partial charge in [0.25, 0.3) is 0 Å². The van der Waals surface area contributed by atoms with Gasteiger partial charge in [-0.2, -0.15) is 0 Å². The van der Waals surface area contributed by atoms with E-state index in [0.717, 1.165) is 22.6 Å². The second-order valence-corrected chi connectivity index (χ2v) is 5.43. The van der Waals surface area contributed by atoms with Crippen molar-refractivity contribution in [1.29, 1.82) is 0 Å². The third-order valence-corrected chi connectivity index (χ3v) is 3.87. The van der Waals surface area contributed by atoms with E-state index in [2.05, 4.69) is 0 Å². The van der Waals surface area contributed by atoms with Crippen LogP contribution >= 0.6 is 11.8 Å². The monoisotopic (exact) mass is 279 g/mol. The smallest absolute Gasteiger partial charge is 0.127 e. The van der Waals surface area contributed by atoms with Crippen LogP contribution in [0.4, 0.5) is 8.78 Å². The maximum Gasteiger partial charge on any atom is 0.127 e. The molecule has 0 aliphatic heterocycles. The van der Waals surface area contributed by atoms with E-state index in [9.17, 15) is 8.78 Å². The molecule has 0 saturated carbocycles. The molecule has 2 rings (SSSR count). The lowest BCUT2D eigenvalue weighted by Gasteiger charge is -2.07. The minimum Gasteiger partial charge on any atom is -0.324 e. The lowest BCUT2D eigenvalue weighted by atomic mass is 10.1. The van der Waals surface area contributed by atoms with Crippen molar-refractivity contribution in [3.05, 3.63) is 65.2 Å². The fourth-order valence-electron chi connectivity index (χ4n) is 1.68. The molecule has 1 unspecified atom stereocenters. The molecule has 0 amide bonds. The van der Waals surface area contributed by atoms with E-state index in [1.807, 2.05) is 31.2 Å². The Morgan fingerprint density at radius 2 is 1.79 bits per heavy atom. The fourth-order valence-corrected chi connectivity index (χ4v) is 2.55. The van der Waals surface area contributed by atoms with Crippen LogP contribution in [-0.4, -0.2) is 0 Å². The summed E-state index contributed by atoms with van der Waals surface area (Å²) < 4.78 is 26.5. The molecule has 100 valence electrons. The van der Waals surface area contributed by atoms with E-state index in [1.165, 1.54) is 17.8 Å². The van der Waals surface area contributed by atoms with E-state index in [4.69, 9.17) is 5.73 Å². The maximum atomic E-state index is 13.4. The van der Waals surface area contributed by atoms with Crippen LogP contribution in [0.2, 0.25) is 0 Å². The lowest BCUT2D eigenvalue weighted by Crippen LogP contribution is -2.04. The highest BCUT2D eigenvalue weighted by atomic mass is 32.2. The quantitative estimate of drug-likeness (QED) is 0.845. The SMILES string of the molecule is CC(N)c1ccc(SCc2cc(F)ccc2F)cc1. The minimum absolute atomic E-state index is 0.000265. The molecule has 0 aliphatic rings. The zero-order valence-corrected chi connectivity index (χ0v) is 11.4. The normalized spacial score (nSPS) is 12.4. The molecule has 0 radical (unpaired) electrons. The molecule has 2 aromatic rings. The van der Waals surface area contributed by atoms with Gasteiger partial charge in [0.2, 0.25) is 0 Å².